The first-order valence-corrected chi connectivity index (χ1v) is 7.23. The quantitative estimate of drug-likeness (QED) is 0.774. The number of carbonyl (C=O) groups is 1. The second kappa shape index (κ2) is 7.74. The fourth-order valence-electron chi connectivity index (χ4n) is 2.50. The Kier molecular flexibility index (Phi) is 6.65. The Hall–Kier alpha value is -0.610. The lowest BCUT2D eigenvalue weighted by molar-refractivity contribution is -0.135. The van der Waals surface area contributed by atoms with Crippen LogP contribution in [0.5, 0.6) is 0 Å². The molecule has 1 aliphatic rings. The number of piperidine rings is 1. The Morgan fingerprint density at radius 1 is 1.28 bits per heavy atom. The maximum atomic E-state index is 12.6. The van der Waals surface area contributed by atoms with Gasteiger partial charge in [0.15, 0.2) is 0 Å². The second-order valence-corrected chi connectivity index (χ2v) is 5.68. The highest BCUT2D eigenvalue weighted by Gasteiger charge is 2.30. The molecule has 2 atom stereocenters. The van der Waals surface area contributed by atoms with Crippen LogP contribution >= 0.6 is 0 Å². The van der Waals surface area contributed by atoms with E-state index in [1.54, 1.807) is 0 Å². The first kappa shape index (κ1) is 15.4. The molecule has 1 rings (SSSR count). The third kappa shape index (κ3) is 4.58. The monoisotopic (exact) mass is 255 g/mol. The maximum absolute atomic E-state index is 12.6. The van der Waals surface area contributed by atoms with Gasteiger partial charge in [0.25, 0.3) is 0 Å². The molecule has 1 N–H and O–H groups in total. The summed E-state index contributed by atoms with van der Waals surface area (Å²) in [6.45, 7) is 7.95. The van der Waals surface area contributed by atoms with Crippen LogP contribution in [-0.2, 0) is 4.79 Å². The molecule has 0 saturated carbocycles. The predicted molar refractivity (Wildman–Crippen MR) is 75.6 cm³/mol. The van der Waals surface area contributed by atoms with E-state index in [0.29, 0.717) is 11.8 Å². The molecule has 4 heteroatoms. The van der Waals surface area contributed by atoms with Gasteiger partial charge in [-0.1, -0.05) is 13.8 Å². The number of carbonyl (C=O) groups excluding carboxylic acids is 1. The van der Waals surface area contributed by atoms with Crippen LogP contribution in [0.15, 0.2) is 0 Å². The molecule has 0 aliphatic carbocycles. The average molecular weight is 255 g/mol. The fraction of sp³-hybridized carbons (Fsp3) is 0.929. The standard InChI is InChI=1S/C14H29N3O/c1-5-9-17(11-10-16(3)4)14(18)13-12(2)7-6-8-15-13/h12-13,15H,5-11H2,1-4H3. The highest BCUT2D eigenvalue weighted by molar-refractivity contribution is 5.82. The molecule has 2 unspecified atom stereocenters. The molecule has 0 aromatic rings. The topological polar surface area (TPSA) is 35.6 Å². The van der Waals surface area contributed by atoms with Gasteiger partial charge in [0.1, 0.15) is 0 Å². The van der Waals surface area contributed by atoms with Gasteiger partial charge in [0, 0.05) is 19.6 Å². The lowest BCUT2D eigenvalue weighted by atomic mass is 9.91. The van der Waals surface area contributed by atoms with E-state index in [2.05, 4.69) is 38.2 Å². The summed E-state index contributed by atoms with van der Waals surface area (Å²) in [6, 6.07) is 0.0347. The summed E-state index contributed by atoms with van der Waals surface area (Å²) in [5.74, 6) is 0.760. The van der Waals surface area contributed by atoms with Gasteiger partial charge in [-0.25, -0.2) is 0 Å². The van der Waals surface area contributed by atoms with Crippen molar-refractivity contribution in [2.24, 2.45) is 5.92 Å². The fourth-order valence-corrected chi connectivity index (χ4v) is 2.50. The molecule has 1 saturated heterocycles. The molecule has 1 aliphatic heterocycles. The molecule has 0 radical (unpaired) electrons. The van der Waals surface area contributed by atoms with Crippen LogP contribution < -0.4 is 5.32 Å². The van der Waals surface area contributed by atoms with Crippen LogP contribution in [0.4, 0.5) is 0 Å². The SMILES string of the molecule is CCCN(CCN(C)C)C(=O)C1NCCCC1C. The number of hydrogen-bond donors (Lipinski definition) is 1. The number of nitrogens with zero attached hydrogens (tertiary/aromatic N) is 2. The first-order valence-electron chi connectivity index (χ1n) is 7.23. The van der Waals surface area contributed by atoms with Crippen molar-refractivity contribution in [3.05, 3.63) is 0 Å². The van der Waals surface area contributed by atoms with Gasteiger partial charge < -0.3 is 15.1 Å². The largest absolute Gasteiger partial charge is 0.340 e. The summed E-state index contributed by atoms with van der Waals surface area (Å²) in [6.07, 6.45) is 3.38. The van der Waals surface area contributed by atoms with Gasteiger partial charge in [-0.15, -0.1) is 0 Å². The summed E-state index contributed by atoms with van der Waals surface area (Å²) < 4.78 is 0. The highest BCUT2D eigenvalue weighted by atomic mass is 16.2. The Morgan fingerprint density at radius 3 is 2.56 bits per heavy atom. The predicted octanol–water partition coefficient (Wildman–Crippen LogP) is 1.17. The zero-order chi connectivity index (χ0) is 13.5. The van der Waals surface area contributed by atoms with E-state index < -0.39 is 0 Å². The summed E-state index contributed by atoms with van der Waals surface area (Å²) >= 11 is 0. The zero-order valence-electron chi connectivity index (χ0n) is 12.4. The molecule has 106 valence electrons. The Balaban J connectivity index is 2.56. The van der Waals surface area contributed by atoms with Crippen molar-refractivity contribution in [1.29, 1.82) is 0 Å². The van der Waals surface area contributed by atoms with Crippen LogP contribution in [-0.4, -0.2) is 62.0 Å². The normalized spacial score (nSPS) is 24.3. The smallest absolute Gasteiger partial charge is 0.240 e. The van der Waals surface area contributed by atoms with Crippen molar-refractivity contribution in [2.45, 2.75) is 39.2 Å². The van der Waals surface area contributed by atoms with Crippen molar-refractivity contribution in [1.82, 2.24) is 15.1 Å². The van der Waals surface area contributed by atoms with Crippen molar-refractivity contribution in [3.63, 3.8) is 0 Å². The minimum atomic E-state index is 0.0347. The van der Waals surface area contributed by atoms with Crippen molar-refractivity contribution >= 4 is 5.91 Å². The Labute approximate surface area is 112 Å². The molecule has 1 amide bonds. The summed E-state index contributed by atoms with van der Waals surface area (Å²) in [5, 5.41) is 3.39. The molecule has 1 heterocycles. The molecule has 0 bridgehead atoms. The molecule has 4 nitrogen and oxygen atoms in total. The lowest BCUT2D eigenvalue weighted by Gasteiger charge is -2.34. The number of likely N-dealkylation sites (N-methyl/N-ethyl adjacent to an activating group) is 1. The lowest BCUT2D eigenvalue weighted by Crippen LogP contribution is -2.53. The molecular weight excluding hydrogens is 226 g/mol. The third-order valence-corrected chi connectivity index (χ3v) is 3.66. The molecule has 18 heavy (non-hydrogen) atoms. The van der Waals surface area contributed by atoms with Crippen molar-refractivity contribution < 1.29 is 4.79 Å². The van der Waals surface area contributed by atoms with E-state index in [1.165, 1.54) is 6.42 Å². The number of amides is 1. The van der Waals surface area contributed by atoms with Gasteiger partial charge in [0.2, 0.25) is 5.91 Å². The average Bonchev–Trinajstić information content (AvgIpc) is 2.34. The van der Waals surface area contributed by atoms with Crippen molar-refractivity contribution in [3.8, 4) is 0 Å². The second-order valence-electron chi connectivity index (χ2n) is 5.68. The van der Waals surface area contributed by atoms with E-state index in [-0.39, 0.29) is 6.04 Å². The minimum Gasteiger partial charge on any atom is -0.340 e. The summed E-state index contributed by atoms with van der Waals surface area (Å²) in [4.78, 5) is 16.7. The van der Waals surface area contributed by atoms with Gasteiger partial charge in [-0.05, 0) is 45.8 Å². The van der Waals surface area contributed by atoms with E-state index in [4.69, 9.17) is 0 Å². The maximum Gasteiger partial charge on any atom is 0.240 e. The van der Waals surface area contributed by atoms with Crippen LogP contribution in [0.25, 0.3) is 0 Å². The number of rotatable bonds is 6. The Bertz CT molecular complexity index is 255. The Morgan fingerprint density at radius 2 is 2.00 bits per heavy atom. The molecular formula is C14H29N3O. The molecule has 0 aromatic carbocycles. The van der Waals surface area contributed by atoms with Crippen molar-refractivity contribution in [2.75, 3.05) is 40.3 Å². The van der Waals surface area contributed by atoms with Crippen LogP contribution in [0, 0.1) is 5.92 Å². The van der Waals surface area contributed by atoms with E-state index in [9.17, 15) is 4.79 Å². The van der Waals surface area contributed by atoms with E-state index in [0.717, 1.165) is 39.0 Å². The van der Waals surface area contributed by atoms with Gasteiger partial charge in [0.05, 0.1) is 6.04 Å². The molecule has 1 fully saturated rings. The number of hydrogen-bond acceptors (Lipinski definition) is 3. The van der Waals surface area contributed by atoms with Gasteiger partial charge in [-0.2, -0.15) is 0 Å². The zero-order valence-corrected chi connectivity index (χ0v) is 12.4. The van der Waals surface area contributed by atoms with Gasteiger partial charge >= 0.3 is 0 Å². The van der Waals surface area contributed by atoms with Crippen LogP contribution in [0.2, 0.25) is 0 Å². The van der Waals surface area contributed by atoms with Crippen LogP contribution in [0.1, 0.15) is 33.1 Å². The third-order valence-electron chi connectivity index (χ3n) is 3.66. The molecule has 0 aromatic heterocycles. The molecule has 0 spiro atoms. The highest BCUT2D eigenvalue weighted by Crippen LogP contribution is 2.17. The summed E-state index contributed by atoms with van der Waals surface area (Å²) in [7, 11) is 4.10. The van der Waals surface area contributed by atoms with E-state index in [1.807, 2.05) is 4.90 Å². The van der Waals surface area contributed by atoms with Gasteiger partial charge in [-0.3, -0.25) is 4.79 Å². The van der Waals surface area contributed by atoms with E-state index >= 15 is 0 Å². The van der Waals surface area contributed by atoms with Crippen LogP contribution in [0.3, 0.4) is 0 Å². The summed E-state index contributed by atoms with van der Waals surface area (Å²) in [5.41, 5.74) is 0. The number of nitrogens with one attached hydrogen (secondary N) is 1. The first-order chi connectivity index (χ1) is 8.56. The minimum absolute atomic E-state index is 0.0347.